The molecule has 0 radical (unpaired) electrons. The number of ketones is 2. The lowest BCUT2D eigenvalue weighted by molar-refractivity contribution is -0.231. The van der Waals surface area contributed by atoms with Gasteiger partial charge in [0.05, 0.1) is 6.10 Å². The lowest BCUT2D eigenvalue weighted by Crippen LogP contribution is -2.71. The van der Waals surface area contributed by atoms with Crippen molar-refractivity contribution < 1.29 is 42.5 Å². The Balaban J connectivity index is 1.85. The number of Topliss-reactive ketones (excluding diaryl/α,β-unsaturated/α-hetero) is 1. The third-order valence-electron chi connectivity index (χ3n) is 9.29. The van der Waals surface area contributed by atoms with E-state index in [0.29, 0.717) is 0 Å². The van der Waals surface area contributed by atoms with Crippen molar-refractivity contribution in [1.82, 2.24) is 0 Å². The SMILES string of the molecule is CC(=O)OCC(=O)[C@@]1(OC(C)=O)C(C)C[C@H]2[C@@H]3CC(F)C4=CC(=O)C=C[C@]4(C)[C@@]3(F)C(O)C[C@@]21C. The molecule has 35 heavy (non-hydrogen) atoms. The maximum absolute atomic E-state index is 17.3. The first kappa shape index (κ1) is 25.7. The van der Waals surface area contributed by atoms with E-state index in [1.54, 1.807) is 13.8 Å². The van der Waals surface area contributed by atoms with Crippen LogP contribution in [0.5, 0.6) is 0 Å². The first-order chi connectivity index (χ1) is 16.1. The van der Waals surface area contributed by atoms with Crippen LogP contribution in [0.2, 0.25) is 0 Å². The van der Waals surface area contributed by atoms with Crippen LogP contribution in [-0.4, -0.2) is 58.8 Å². The highest BCUT2D eigenvalue weighted by Gasteiger charge is 2.78. The highest BCUT2D eigenvalue weighted by atomic mass is 19.1. The highest BCUT2D eigenvalue weighted by Crippen LogP contribution is 2.71. The van der Waals surface area contributed by atoms with E-state index in [-0.39, 0.29) is 24.8 Å². The van der Waals surface area contributed by atoms with E-state index in [9.17, 15) is 24.3 Å². The Morgan fingerprint density at radius 1 is 1.14 bits per heavy atom. The lowest BCUT2D eigenvalue weighted by atomic mass is 9.44. The van der Waals surface area contributed by atoms with Crippen molar-refractivity contribution in [3.05, 3.63) is 23.8 Å². The predicted molar refractivity (Wildman–Crippen MR) is 119 cm³/mol. The third-order valence-corrected chi connectivity index (χ3v) is 9.29. The molecule has 0 saturated heterocycles. The van der Waals surface area contributed by atoms with Gasteiger partial charge in [0.2, 0.25) is 5.78 Å². The van der Waals surface area contributed by atoms with Crippen LogP contribution < -0.4 is 0 Å². The molecule has 0 aromatic rings. The molecule has 7 nitrogen and oxygen atoms in total. The minimum Gasteiger partial charge on any atom is -0.458 e. The van der Waals surface area contributed by atoms with Crippen LogP contribution in [0.25, 0.3) is 0 Å². The number of allylic oxidation sites excluding steroid dienone is 4. The number of rotatable bonds is 4. The number of fused-ring (bicyclic) bond motifs is 5. The molecule has 3 fully saturated rings. The van der Waals surface area contributed by atoms with Crippen molar-refractivity contribution in [3.8, 4) is 0 Å². The summed E-state index contributed by atoms with van der Waals surface area (Å²) in [5.74, 6) is -4.77. The van der Waals surface area contributed by atoms with Gasteiger partial charge in [0.1, 0.15) is 6.17 Å². The summed E-state index contributed by atoms with van der Waals surface area (Å²) in [5.41, 5.74) is -6.90. The molecule has 0 spiro atoms. The van der Waals surface area contributed by atoms with Crippen LogP contribution in [-0.2, 0) is 28.7 Å². The molecule has 0 heterocycles. The van der Waals surface area contributed by atoms with Crippen LogP contribution in [0, 0.1) is 28.6 Å². The van der Waals surface area contributed by atoms with E-state index in [1.165, 1.54) is 19.1 Å². The summed E-state index contributed by atoms with van der Waals surface area (Å²) >= 11 is 0. The van der Waals surface area contributed by atoms with Crippen molar-refractivity contribution in [2.24, 2.45) is 28.6 Å². The Hall–Kier alpha value is -2.42. The highest BCUT2D eigenvalue weighted by molar-refractivity contribution is 6.01. The van der Waals surface area contributed by atoms with E-state index >= 15 is 8.78 Å². The van der Waals surface area contributed by atoms with Crippen molar-refractivity contribution in [2.45, 2.75) is 77.4 Å². The molecule has 4 aliphatic rings. The second-order valence-corrected chi connectivity index (χ2v) is 11.0. The summed E-state index contributed by atoms with van der Waals surface area (Å²) in [6, 6.07) is 0. The van der Waals surface area contributed by atoms with Gasteiger partial charge in [-0.1, -0.05) is 19.9 Å². The normalized spacial score (nSPS) is 46.1. The van der Waals surface area contributed by atoms with E-state index in [0.717, 1.165) is 19.9 Å². The summed E-state index contributed by atoms with van der Waals surface area (Å²) in [6.07, 6.45) is 0.118. The van der Waals surface area contributed by atoms with Gasteiger partial charge in [-0.15, -0.1) is 0 Å². The van der Waals surface area contributed by atoms with Crippen LogP contribution in [0.3, 0.4) is 0 Å². The van der Waals surface area contributed by atoms with Gasteiger partial charge in [0, 0.05) is 36.5 Å². The molecule has 9 atom stereocenters. The van der Waals surface area contributed by atoms with Gasteiger partial charge in [-0.2, -0.15) is 0 Å². The standard InChI is InChI=1S/C26H32F2O7/c1-13-8-17-18-10-20(27)19-9-16(31)6-7-23(19,4)25(18,28)21(32)11-24(17,5)26(13,35-15(3)30)22(33)12-34-14(2)29/h6-7,9,13,17-18,20-21,32H,8,10-12H2,1-5H3/t13?,17-,18-,20?,21?,23-,24-,25-,26-/m0/s1. The second kappa shape index (κ2) is 8.05. The summed E-state index contributed by atoms with van der Waals surface area (Å²) in [7, 11) is 0. The molecule has 4 rings (SSSR count). The second-order valence-electron chi connectivity index (χ2n) is 11.0. The Bertz CT molecular complexity index is 1050. The number of halogens is 2. The van der Waals surface area contributed by atoms with Gasteiger partial charge in [-0.3, -0.25) is 19.2 Å². The topological polar surface area (TPSA) is 107 Å². The fourth-order valence-electron chi connectivity index (χ4n) is 7.89. The Morgan fingerprint density at radius 3 is 2.40 bits per heavy atom. The van der Waals surface area contributed by atoms with Crippen LogP contribution in [0.4, 0.5) is 8.78 Å². The zero-order valence-electron chi connectivity index (χ0n) is 20.6. The number of alkyl halides is 2. The van der Waals surface area contributed by atoms with Crippen molar-refractivity contribution in [1.29, 1.82) is 0 Å². The fourth-order valence-corrected chi connectivity index (χ4v) is 7.89. The maximum atomic E-state index is 17.3. The van der Waals surface area contributed by atoms with Gasteiger partial charge in [-0.05, 0) is 49.8 Å². The Labute approximate surface area is 202 Å². The number of esters is 2. The fraction of sp³-hybridized carbons (Fsp3) is 0.692. The number of ether oxygens (including phenoxy) is 2. The molecule has 4 aliphatic carbocycles. The summed E-state index contributed by atoms with van der Waals surface area (Å²) < 4.78 is 43.5. The average Bonchev–Trinajstić information content (AvgIpc) is 2.97. The van der Waals surface area contributed by atoms with E-state index in [1.807, 2.05) is 0 Å². The van der Waals surface area contributed by atoms with Gasteiger partial charge >= 0.3 is 11.9 Å². The molecule has 3 saturated carbocycles. The van der Waals surface area contributed by atoms with E-state index in [2.05, 4.69) is 0 Å². The zero-order valence-corrected chi connectivity index (χ0v) is 20.6. The number of aliphatic hydroxyl groups excluding tert-OH is 1. The number of aliphatic hydroxyl groups is 1. The van der Waals surface area contributed by atoms with Crippen molar-refractivity contribution >= 4 is 23.5 Å². The van der Waals surface area contributed by atoms with E-state index < -0.39 is 82.2 Å². The number of carbonyl (C=O) groups is 4. The zero-order chi connectivity index (χ0) is 26.1. The van der Waals surface area contributed by atoms with E-state index in [4.69, 9.17) is 9.47 Å². The number of hydrogen-bond acceptors (Lipinski definition) is 7. The molecule has 9 heteroatoms. The van der Waals surface area contributed by atoms with Crippen LogP contribution >= 0.6 is 0 Å². The largest absolute Gasteiger partial charge is 0.458 e. The molecule has 0 aromatic carbocycles. The average molecular weight is 495 g/mol. The van der Waals surface area contributed by atoms with Gasteiger partial charge < -0.3 is 14.6 Å². The molecule has 0 aliphatic heterocycles. The summed E-state index contributed by atoms with van der Waals surface area (Å²) in [4.78, 5) is 49.1. The molecule has 0 aromatic heterocycles. The summed E-state index contributed by atoms with van der Waals surface area (Å²) in [6.45, 7) is 6.52. The molecular formula is C26H32F2O7. The molecule has 1 N–H and O–H groups in total. The third kappa shape index (κ3) is 3.22. The minimum atomic E-state index is -2.31. The van der Waals surface area contributed by atoms with Gasteiger partial charge in [0.25, 0.3) is 0 Å². The quantitative estimate of drug-likeness (QED) is 0.599. The van der Waals surface area contributed by atoms with Gasteiger partial charge in [0.15, 0.2) is 23.7 Å². The molecule has 0 bridgehead atoms. The minimum absolute atomic E-state index is 0.00892. The molecule has 0 amide bonds. The van der Waals surface area contributed by atoms with Gasteiger partial charge in [-0.25, -0.2) is 8.78 Å². The molecule has 3 unspecified atom stereocenters. The predicted octanol–water partition coefficient (Wildman–Crippen LogP) is 2.99. The maximum Gasteiger partial charge on any atom is 0.303 e. The Morgan fingerprint density at radius 2 is 1.80 bits per heavy atom. The van der Waals surface area contributed by atoms with Crippen molar-refractivity contribution in [2.75, 3.05) is 6.61 Å². The monoisotopic (exact) mass is 494 g/mol. The number of carbonyl (C=O) groups excluding carboxylic acids is 4. The van der Waals surface area contributed by atoms with Crippen LogP contribution in [0.1, 0.15) is 53.9 Å². The first-order valence-electron chi connectivity index (χ1n) is 12.0. The summed E-state index contributed by atoms with van der Waals surface area (Å²) in [5, 5.41) is 11.4. The smallest absolute Gasteiger partial charge is 0.303 e. The lowest BCUT2D eigenvalue weighted by Gasteiger charge is -2.63. The first-order valence-corrected chi connectivity index (χ1v) is 12.0. The molecule has 192 valence electrons. The van der Waals surface area contributed by atoms with Crippen molar-refractivity contribution in [3.63, 3.8) is 0 Å². The Kier molecular flexibility index (Phi) is 5.90. The van der Waals surface area contributed by atoms with Crippen LogP contribution in [0.15, 0.2) is 23.8 Å². The number of hydrogen-bond donors (Lipinski definition) is 1. The molecular weight excluding hydrogens is 462 g/mol.